The minimum atomic E-state index is 0.0725. The Hall–Kier alpha value is -2.73. The van der Waals surface area contributed by atoms with Gasteiger partial charge in [-0.3, -0.25) is 9.79 Å². The van der Waals surface area contributed by atoms with Gasteiger partial charge in [0.1, 0.15) is 4.83 Å². The van der Waals surface area contributed by atoms with Crippen LogP contribution in [0.1, 0.15) is 43.8 Å². The maximum atomic E-state index is 12.9. The average molecular weight is 441 g/mol. The van der Waals surface area contributed by atoms with Crippen molar-refractivity contribution in [3.63, 3.8) is 0 Å². The lowest BCUT2D eigenvalue weighted by Crippen LogP contribution is -2.28. The molecule has 2 heterocycles. The van der Waals surface area contributed by atoms with E-state index in [-0.39, 0.29) is 12.3 Å². The van der Waals surface area contributed by atoms with Crippen molar-refractivity contribution in [3.8, 4) is 0 Å². The van der Waals surface area contributed by atoms with Crippen molar-refractivity contribution in [1.29, 1.82) is 0 Å². The highest BCUT2D eigenvalue weighted by Crippen LogP contribution is 2.31. The van der Waals surface area contributed by atoms with E-state index in [0.717, 1.165) is 33.7 Å². The first-order valence-electron chi connectivity index (χ1n) is 10.7. The third-order valence-electron chi connectivity index (χ3n) is 4.57. The summed E-state index contributed by atoms with van der Waals surface area (Å²) < 4.78 is 0. The van der Waals surface area contributed by atoms with Crippen LogP contribution in [0.5, 0.6) is 0 Å². The Morgan fingerprint density at radius 2 is 2.03 bits per heavy atom. The van der Waals surface area contributed by atoms with Gasteiger partial charge in [0.25, 0.3) is 0 Å². The molecule has 0 saturated carbocycles. The predicted octanol–water partition coefficient (Wildman–Crippen LogP) is 6.00. The monoisotopic (exact) mass is 440 g/mol. The molecular weight excluding hydrogens is 404 g/mol. The molecule has 0 saturated heterocycles. The van der Waals surface area contributed by atoms with Crippen LogP contribution in [0.3, 0.4) is 0 Å². The molecular formula is C25H36N4OS. The van der Waals surface area contributed by atoms with Crippen molar-refractivity contribution >= 4 is 39.4 Å². The molecule has 6 heteroatoms. The Morgan fingerprint density at radius 3 is 2.68 bits per heavy atom. The fourth-order valence-corrected chi connectivity index (χ4v) is 3.81. The number of aromatic nitrogens is 1. The number of allylic oxidation sites excluding steroid dienone is 3. The van der Waals surface area contributed by atoms with Crippen molar-refractivity contribution in [2.75, 3.05) is 38.6 Å². The Morgan fingerprint density at radius 1 is 1.29 bits per heavy atom. The van der Waals surface area contributed by atoms with E-state index >= 15 is 0 Å². The minimum Gasteiger partial charge on any atom is -0.370 e. The molecule has 0 aromatic carbocycles. The number of hydrogen-bond donors (Lipinski definition) is 0. The van der Waals surface area contributed by atoms with Crippen molar-refractivity contribution in [2.45, 2.75) is 34.1 Å². The molecule has 0 bridgehead atoms. The number of pyridine rings is 1. The molecule has 2 aromatic rings. The second-order valence-corrected chi connectivity index (χ2v) is 7.90. The number of carbonyl (C=O) groups is 1. The van der Waals surface area contributed by atoms with Gasteiger partial charge in [0.05, 0.1) is 17.8 Å². The number of hydrogen-bond acceptors (Lipinski definition) is 5. The first kappa shape index (κ1) is 26.3. The van der Waals surface area contributed by atoms with E-state index in [0.29, 0.717) is 6.54 Å². The first-order valence-corrected chi connectivity index (χ1v) is 11.5. The number of carbonyl (C=O) groups excluding carboxylic acids is 1. The van der Waals surface area contributed by atoms with E-state index in [1.807, 2.05) is 50.9 Å². The zero-order valence-electron chi connectivity index (χ0n) is 19.8. The number of ketones is 1. The van der Waals surface area contributed by atoms with Crippen LogP contribution < -0.4 is 4.90 Å². The summed E-state index contributed by atoms with van der Waals surface area (Å²) >= 11 is 1.44. The molecule has 5 nitrogen and oxygen atoms in total. The Bertz CT molecular complexity index is 927. The van der Waals surface area contributed by atoms with Crippen LogP contribution in [0.4, 0.5) is 5.69 Å². The molecule has 0 spiro atoms. The van der Waals surface area contributed by atoms with Crippen LogP contribution in [0.15, 0.2) is 59.8 Å². The summed E-state index contributed by atoms with van der Waals surface area (Å²) in [5.41, 5.74) is 2.38. The Balaban J connectivity index is 0.00000233. The molecule has 0 N–H and O–H groups in total. The normalized spacial score (nSPS) is 11.6. The highest BCUT2D eigenvalue weighted by atomic mass is 32.1. The number of likely N-dealkylation sites (N-methyl/N-ethyl adjacent to an activating group) is 1. The average Bonchev–Trinajstić information content (AvgIpc) is 3.22. The van der Waals surface area contributed by atoms with Crippen LogP contribution in [-0.4, -0.2) is 55.7 Å². The minimum absolute atomic E-state index is 0.0725. The lowest BCUT2D eigenvalue weighted by molar-refractivity contribution is 0.0972. The molecule has 2 aromatic heterocycles. The number of Topliss-reactive ketones (excluding diaryl/α,β-unsaturated/α-hetero) is 1. The molecule has 0 aliphatic rings. The van der Waals surface area contributed by atoms with Gasteiger partial charge < -0.3 is 9.80 Å². The molecule has 0 aliphatic heterocycles. The van der Waals surface area contributed by atoms with Gasteiger partial charge >= 0.3 is 0 Å². The summed E-state index contributed by atoms with van der Waals surface area (Å²) in [6, 6.07) is 3.93. The van der Waals surface area contributed by atoms with E-state index in [1.54, 1.807) is 19.6 Å². The van der Waals surface area contributed by atoms with Gasteiger partial charge in [0.15, 0.2) is 5.78 Å². The van der Waals surface area contributed by atoms with Gasteiger partial charge in [-0.25, -0.2) is 4.98 Å². The Kier molecular flexibility index (Phi) is 12.1. The number of anilines is 1. The number of nitrogens with zero attached hydrogens (tertiary/aromatic N) is 4. The largest absolute Gasteiger partial charge is 0.370 e. The molecule has 168 valence electrons. The number of aliphatic imine (C=N–C) groups is 1. The van der Waals surface area contributed by atoms with Crippen molar-refractivity contribution in [2.24, 2.45) is 4.99 Å². The lowest BCUT2D eigenvalue weighted by atomic mass is 10.2. The summed E-state index contributed by atoms with van der Waals surface area (Å²) in [6.07, 6.45) is 12.6. The molecule has 0 fully saturated rings. The highest BCUT2D eigenvalue weighted by Gasteiger charge is 2.16. The fraction of sp³-hybridized carbons (Fsp3) is 0.400. The topological polar surface area (TPSA) is 48.8 Å². The van der Waals surface area contributed by atoms with E-state index in [1.165, 1.54) is 16.9 Å². The zero-order chi connectivity index (χ0) is 23.2. The van der Waals surface area contributed by atoms with Crippen LogP contribution in [0.25, 0.3) is 10.2 Å². The van der Waals surface area contributed by atoms with Crippen LogP contribution in [0.2, 0.25) is 0 Å². The Labute approximate surface area is 191 Å². The smallest absolute Gasteiger partial charge is 0.192 e. The third-order valence-corrected chi connectivity index (χ3v) is 5.65. The molecule has 0 radical (unpaired) electrons. The predicted molar refractivity (Wildman–Crippen MR) is 138 cm³/mol. The summed E-state index contributed by atoms with van der Waals surface area (Å²) in [4.78, 5) is 27.1. The summed E-state index contributed by atoms with van der Waals surface area (Å²) in [5, 5.41) is 1.00. The van der Waals surface area contributed by atoms with E-state index in [4.69, 9.17) is 0 Å². The van der Waals surface area contributed by atoms with Gasteiger partial charge in [-0.05, 0) is 32.4 Å². The van der Waals surface area contributed by atoms with Gasteiger partial charge in [-0.15, -0.1) is 17.9 Å². The standard InChI is InChI=1S/C23H30N4OS.C2H6/c1-6-13-26(5)20-11-12-25-23-19(20)15-22(29-23)21(28)16-27(17-24-4)14-9-8-10-18(3)7-2;1-2/h6-9,11-12,15,17H,1,10,13-14,16H2,2-5H3;1-2H3/b9-8-,18-7-,24-17?;. The zero-order valence-corrected chi connectivity index (χ0v) is 20.6. The maximum absolute atomic E-state index is 12.9. The summed E-state index contributed by atoms with van der Waals surface area (Å²) in [6.45, 7) is 13.6. The first-order chi connectivity index (χ1) is 15.0. The van der Waals surface area contributed by atoms with E-state index in [9.17, 15) is 4.79 Å². The highest BCUT2D eigenvalue weighted by molar-refractivity contribution is 7.20. The van der Waals surface area contributed by atoms with Gasteiger partial charge in [0, 0.05) is 44.5 Å². The SMILES string of the molecule is C=CCN(C)c1ccnc2sc(C(=O)CN(C=NC)C/C=C\C/C(C)=C\C)cc12.CC. The number of rotatable bonds is 11. The van der Waals surface area contributed by atoms with E-state index < -0.39 is 0 Å². The van der Waals surface area contributed by atoms with Crippen LogP contribution in [-0.2, 0) is 0 Å². The maximum Gasteiger partial charge on any atom is 0.192 e. The van der Waals surface area contributed by atoms with Crippen LogP contribution in [0, 0.1) is 0 Å². The molecule has 0 unspecified atom stereocenters. The van der Waals surface area contributed by atoms with Crippen molar-refractivity contribution in [3.05, 3.63) is 59.7 Å². The van der Waals surface area contributed by atoms with Crippen molar-refractivity contribution < 1.29 is 4.79 Å². The lowest BCUT2D eigenvalue weighted by Gasteiger charge is -2.17. The van der Waals surface area contributed by atoms with Gasteiger partial charge in [0.2, 0.25) is 0 Å². The molecule has 0 amide bonds. The quantitative estimate of drug-likeness (QED) is 0.186. The van der Waals surface area contributed by atoms with E-state index in [2.05, 4.69) is 46.6 Å². The van der Waals surface area contributed by atoms with Gasteiger partial charge in [-0.2, -0.15) is 0 Å². The second-order valence-electron chi connectivity index (χ2n) is 6.87. The molecule has 0 aliphatic carbocycles. The van der Waals surface area contributed by atoms with Crippen molar-refractivity contribution in [1.82, 2.24) is 9.88 Å². The van der Waals surface area contributed by atoms with Crippen LogP contribution >= 0.6 is 11.3 Å². The third kappa shape index (κ3) is 8.13. The number of thiophene rings is 1. The second kappa shape index (κ2) is 14.3. The fourth-order valence-electron chi connectivity index (χ4n) is 2.86. The molecule has 2 rings (SSSR count). The molecule has 0 atom stereocenters. The number of fused-ring (bicyclic) bond motifs is 1. The van der Waals surface area contributed by atoms with Gasteiger partial charge in [-0.1, -0.05) is 43.7 Å². The molecule has 31 heavy (non-hydrogen) atoms. The summed E-state index contributed by atoms with van der Waals surface area (Å²) in [5.74, 6) is 0.0725. The summed E-state index contributed by atoms with van der Waals surface area (Å²) in [7, 11) is 3.73.